The quantitative estimate of drug-likeness (QED) is 0.703. The zero-order valence-corrected chi connectivity index (χ0v) is 17.3. The minimum Gasteiger partial charge on any atom is -0.493 e. The maximum atomic E-state index is 13.1. The van der Waals surface area contributed by atoms with Crippen LogP contribution in [0.15, 0.2) is 41.8 Å². The first-order valence-corrected chi connectivity index (χ1v) is 11.8. The highest BCUT2D eigenvalue weighted by Crippen LogP contribution is 2.24. The minimum atomic E-state index is -3.07. The molecule has 1 atom stereocenters. The first kappa shape index (κ1) is 19.9. The number of hydrogen-bond donors (Lipinski definition) is 0. The summed E-state index contributed by atoms with van der Waals surface area (Å²) in [6.07, 6.45) is 0.495. The van der Waals surface area contributed by atoms with Crippen molar-refractivity contribution in [1.29, 1.82) is 0 Å². The normalized spacial score (nSPS) is 18.6. The molecule has 0 unspecified atom stereocenters. The Kier molecular flexibility index (Phi) is 6.22. The van der Waals surface area contributed by atoms with E-state index in [0.29, 0.717) is 31.1 Å². The summed E-state index contributed by atoms with van der Waals surface area (Å²) >= 11 is 1.57. The number of carbonyl (C=O) groups is 1. The van der Waals surface area contributed by atoms with E-state index in [1.54, 1.807) is 40.5 Å². The summed E-state index contributed by atoms with van der Waals surface area (Å²) in [5, 5.41) is 1.96. The smallest absolute Gasteiger partial charge is 0.254 e. The average molecular weight is 408 g/mol. The number of ether oxygens (including phenoxy) is 1. The lowest BCUT2D eigenvalue weighted by Crippen LogP contribution is -2.40. The summed E-state index contributed by atoms with van der Waals surface area (Å²) in [6, 6.07) is 10.7. The first-order valence-electron chi connectivity index (χ1n) is 9.11. The van der Waals surface area contributed by atoms with Crippen LogP contribution in [0.3, 0.4) is 0 Å². The third-order valence-electron chi connectivity index (χ3n) is 4.50. The molecule has 0 aliphatic carbocycles. The van der Waals surface area contributed by atoms with Gasteiger partial charge in [-0.2, -0.15) is 0 Å². The van der Waals surface area contributed by atoms with Gasteiger partial charge in [-0.25, -0.2) is 8.42 Å². The van der Waals surface area contributed by atoms with E-state index in [2.05, 4.69) is 13.8 Å². The van der Waals surface area contributed by atoms with Gasteiger partial charge in [0.1, 0.15) is 5.75 Å². The van der Waals surface area contributed by atoms with Crippen molar-refractivity contribution in [2.45, 2.75) is 32.9 Å². The molecule has 1 aromatic heterocycles. The molecule has 0 bridgehead atoms. The number of benzene rings is 1. The van der Waals surface area contributed by atoms with Crippen LogP contribution in [0.25, 0.3) is 0 Å². The minimum absolute atomic E-state index is 0.0414. The Hall–Kier alpha value is -1.86. The highest BCUT2D eigenvalue weighted by atomic mass is 32.2. The van der Waals surface area contributed by atoms with E-state index < -0.39 is 9.84 Å². The Morgan fingerprint density at radius 2 is 2.00 bits per heavy atom. The highest BCUT2D eigenvalue weighted by Gasteiger charge is 2.35. The lowest BCUT2D eigenvalue weighted by atomic mass is 10.1. The molecule has 1 amide bonds. The zero-order chi connectivity index (χ0) is 19.4. The van der Waals surface area contributed by atoms with Crippen molar-refractivity contribution in [3.8, 4) is 5.75 Å². The highest BCUT2D eigenvalue weighted by molar-refractivity contribution is 7.91. The van der Waals surface area contributed by atoms with Gasteiger partial charge in [0.15, 0.2) is 9.84 Å². The van der Waals surface area contributed by atoms with Gasteiger partial charge in [0.25, 0.3) is 5.91 Å². The van der Waals surface area contributed by atoms with Crippen LogP contribution in [0, 0.1) is 5.92 Å². The van der Waals surface area contributed by atoms with Gasteiger partial charge in [0.2, 0.25) is 0 Å². The second-order valence-electron chi connectivity index (χ2n) is 7.30. The van der Waals surface area contributed by atoms with Crippen molar-refractivity contribution < 1.29 is 17.9 Å². The van der Waals surface area contributed by atoms with Gasteiger partial charge >= 0.3 is 0 Å². The van der Waals surface area contributed by atoms with Crippen LogP contribution in [0.1, 0.15) is 35.5 Å². The Balaban J connectivity index is 1.77. The van der Waals surface area contributed by atoms with Crippen molar-refractivity contribution in [3.05, 3.63) is 52.2 Å². The molecule has 2 heterocycles. The molecule has 0 radical (unpaired) electrons. The average Bonchev–Trinajstić information content (AvgIpc) is 3.27. The second-order valence-corrected chi connectivity index (χ2v) is 10.6. The van der Waals surface area contributed by atoms with Crippen LogP contribution < -0.4 is 4.74 Å². The summed E-state index contributed by atoms with van der Waals surface area (Å²) in [5.41, 5.74) is 0.549. The third-order valence-corrected chi connectivity index (χ3v) is 7.11. The summed E-state index contributed by atoms with van der Waals surface area (Å²) in [5.74, 6) is 1.21. The molecular weight excluding hydrogens is 382 g/mol. The molecule has 1 aliphatic heterocycles. The standard InChI is InChI=1S/C20H25NO4S2/c1-15(2)13-25-18-7-5-16(6-8-18)20(22)21(12-19-4-3-10-26-19)17-9-11-27(23,24)14-17/h3-8,10,15,17H,9,11-14H2,1-2H3/t17-/m1/s1. The van der Waals surface area contributed by atoms with Crippen molar-refractivity contribution >= 4 is 27.1 Å². The van der Waals surface area contributed by atoms with Crippen molar-refractivity contribution in [2.75, 3.05) is 18.1 Å². The lowest BCUT2D eigenvalue weighted by Gasteiger charge is -2.28. The van der Waals surface area contributed by atoms with Crippen LogP contribution in [-0.4, -0.2) is 43.4 Å². The molecular formula is C20H25NO4S2. The Labute approximate surface area is 164 Å². The largest absolute Gasteiger partial charge is 0.493 e. The zero-order valence-electron chi connectivity index (χ0n) is 15.6. The van der Waals surface area contributed by atoms with Gasteiger partial charge in [-0.15, -0.1) is 11.3 Å². The van der Waals surface area contributed by atoms with Crippen LogP contribution in [0.5, 0.6) is 5.75 Å². The number of carbonyl (C=O) groups excluding carboxylic acids is 1. The van der Waals surface area contributed by atoms with Crippen LogP contribution >= 0.6 is 11.3 Å². The topological polar surface area (TPSA) is 63.7 Å². The second kappa shape index (κ2) is 8.44. The summed E-state index contributed by atoms with van der Waals surface area (Å²) in [7, 11) is -3.07. The molecule has 2 aromatic rings. The van der Waals surface area contributed by atoms with E-state index in [1.807, 2.05) is 17.5 Å². The molecule has 0 N–H and O–H groups in total. The predicted octanol–water partition coefficient (Wildman–Crippen LogP) is 3.61. The first-order chi connectivity index (χ1) is 12.8. The number of nitrogens with zero attached hydrogens (tertiary/aromatic N) is 1. The number of amides is 1. The molecule has 1 saturated heterocycles. The monoisotopic (exact) mass is 407 g/mol. The SMILES string of the molecule is CC(C)COc1ccc(C(=O)N(Cc2cccs2)[C@@H]2CCS(=O)(=O)C2)cc1. The van der Waals surface area contributed by atoms with Gasteiger partial charge in [-0.3, -0.25) is 4.79 Å². The number of hydrogen-bond acceptors (Lipinski definition) is 5. The molecule has 3 rings (SSSR count). The molecule has 0 saturated carbocycles. The fourth-order valence-electron chi connectivity index (χ4n) is 3.08. The molecule has 1 aromatic carbocycles. The van der Waals surface area contributed by atoms with Gasteiger partial charge in [-0.05, 0) is 48.1 Å². The molecule has 1 fully saturated rings. The Morgan fingerprint density at radius 3 is 2.56 bits per heavy atom. The van der Waals surface area contributed by atoms with E-state index in [1.165, 1.54) is 0 Å². The Morgan fingerprint density at radius 1 is 1.26 bits per heavy atom. The summed E-state index contributed by atoms with van der Waals surface area (Å²) < 4.78 is 29.5. The molecule has 7 heteroatoms. The fraction of sp³-hybridized carbons (Fsp3) is 0.450. The van der Waals surface area contributed by atoms with Crippen LogP contribution in [-0.2, 0) is 16.4 Å². The number of sulfone groups is 1. The predicted molar refractivity (Wildman–Crippen MR) is 108 cm³/mol. The van der Waals surface area contributed by atoms with Gasteiger partial charge in [-0.1, -0.05) is 19.9 Å². The summed E-state index contributed by atoms with van der Waals surface area (Å²) in [4.78, 5) is 15.9. The van der Waals surface area contributed by atoms with Crippen molar-refractivity contribution in [1.82, 2.24) is 4.90 Å². The Bertz CT molecular complexity index is 858. The molecule has 146 valence electrons. The van der Waals surface area contributed by atoms with Crippen molar-refractivity contribution in [2.24, 2.45) is 5.92 Å². The van der Waals surface area contributed by atoms with Gasteiger partial charge in [0.05, 0.1) is 24.7 Å². The summed E-state index contributed by atoms with van der Waals surface area (Å²) in [6.45, 7) is 5.21. The van der Waals surface area contributed by atoms with Crippen molar-refractivity contribution in [3.63, 3.8) is 0 Å². The van der Waals surface area contributed by atoms with E-state index in [4.69, 9.17) is 4.74 Å². The van der Waals surface area contributed by atoms with Crippen LogP contribution in [0.2, 0.25) is 0 Å². The molecule has 0 spiro atoms. The maximum absolute atomic E-state index is 13.1. The molecule has 27 heavy (non-hydrogen) atoms. The molecule has 5 nitrogen and oxygen atoms in total. The fourth-order valence-corrected chi connectivity index (χ4v) is 5.51. The van der Waals surface area contributed by atoms with Crippen LogP contribution in [0.4, 0.5) is 0 Å². The van der Waals surface area contributed by atoms with E-state index in [-0.39, 0.29) is 23.5 Å². The maximum Gasteiger partial charge on any atom is 0.254 e. The third kappa shape index (κ3) is 5.32. The van der Waals surface area contributed by atoms with E-state index in [9.17, 15) is 13.2 Å². The van der Waals surface area contributed by atoms with Gasteiger partial charge < -0.3 is 9.64 Å². The molecule has 1 aliphatic rings. The lowest BCUT2D eigenvalue weighted by molar-refractivity contribution is 0.0683. The van der Waals surface area contributed by atoms with E-state index >= 15 is 0 Å². The number of rotatable bonds is 7. The van der Waals surface area contributed by atoms with Gasteiger partial charge in [0, 0.05) is 16.5 Å². The van der Waals surface area contributed by atoms with E-state index in [0.717, 1.165) is 10.6 Å². The number of thiophene rings is 1.